The molecule has 4 nitrogen and oxygen atoms in total. The zero-order valence-corrected chi connectivity index (χ0v) is 4.85. The lowest BCUT2D eigenvalue weighted by molar-refractivity contribution is -0.0332. The first-order chi connectivity index (χ1) is 3.80. The predicted octanol–water partition coefficient (Wildman–Crippen LogP) is 0.560. The van der Waals surface area contributed by atoms with Gasteiger partial charge in [0.1, 0.15) is 0 Å². The van der Waals surface area contributed by atoms with Gasteiger partial charge in [0.15, 0.2) is 0 Å². The zero-order valence-electron chi connectivity index (χ0n) is 4.03. The summed E-state index contributed by atoms with van der Waals surface area (Å²) >= 11 is 1.16. The summed E-state index contributed by atoms with van der Waals surface area (Å²) in [5.41, 5.74) is 0. The molecule has 8 heavy (non-hydrogen) atoms. The fourth-order valence-electron chi connectivity index (χ4n) is 0.388. The number of amides is 1. The summed E-state index contributed by atoms with van der Waals surface area (Å²) in [4.78, 5) is 14.6. The van der Waals surface area contributed by atoms with Crippen LogP contribution in [0.15, 0.2) is 0 Å². The van der Waals surface area contributed by atoms with Crippen molar-refractivity contribution in [2.24, 2.45) is 0 Å². The lowest BCUT2D eigenvalue weighted by atomic mass is 10.9. The number of nitrogens with zero attached hydrogens (tertiary/aromatic N) is 1. The smallest absolute Gasteiger partial charge is 0.442 e. The average Bonchev–Trinajstić information content (AvgIpc) is 2.12. The van der Waals surface area contributed by atoms with E-state index in [0.29, 0.717) is 6.61 Å². The highest BCUT2D eigenvalue weighted by Crippen LogP contribution is 2.16. The molecule has 0 aliphatic carbocycles. The fourth-order valence-corrected chi connectivity index (χ4v) is 0.962. The second-order valence-corrected chi connectivity index (χ2v) is 2.20. The van der Waals surface area contributed by atoms with Crippen LogP contribution in [0.5, 0.6) is 0 Å². The van der Waals surface area contributed by atoms with Gasteiger partial charge in [-0.3, -0.25) is 4.84 Å². The normalized spacial score (nSPS) is 19.2. The molecule has 0 aromatic heterocycles. The van der Waals surface area contributed by atoms with Gasteiger partial charge in [-0.2, -0.15) is 0 Å². The van der Waals surface area contributed by atoms with Crippen LogP contribution in [0.2, 0.25) is 0 Å². The fraction of sp³-hybridized carbons (Fsp3) is 0.667. The molecule has 0 atom stereocenters. The molecular formula is C3H5NO3S. The van der Waals surface area contributed by atoms with Crippen molar-refractivity contribution in [1.29, 1.82) is 0 Å². The topological polar surface area (TPSA) is 49.8 Å². The molecule has 1 aliphatic heterocycles. The summed E-state index contributed by atoms with van der Waals surface area (Å²) in [6.45, 7) is 0.497. The summed E-state index contributed by atoms with van der Waals surface area (Å²) in [5, 5.41) is 8.19. The predicted molar refractivity (Wildman–Crippen MR) is 28.3 cm³/mol. The maximum Gasteiger partial charge on any atom is 0.442 e. The van der Waals surface area contributed by atoms with Gasteiger partial charge in [0, 0.05) is 5.75 Å². The summed E-state index contributed by atoms with van der Waals surface area (Å²) in [6, 6.07) is 0. The van der Waals surface area contributed by atoms with Gasteiger partial charge in [-0.1, -0.05) is 0 Å². The Morgan fingerprint density at radius 3 is 2.88 bits per heavy atom. The SMILES string of the molecule is O=C(O)N1OCCS1. The van der Waals surface area contributed by atoms with Gasteiger partial charge in [0.2, 0.25) is 0 Å². The van der Waals surface area contributed by atoms with Crippen LogP contribution in [-0.4, -0.2) is 28.0 Å². The molecule has 1 fully saturated rings. The first kappa shape index (κ1) is 5.71. The van der Waals surface area contributed by atoms with E-state index in [4.69, 9.17) is 5.11 Å². The summed E-state index contributed by atoms with van der Waals surface area (Å²) < 4.78 is 0.861. The van der Waals surface area contributed by atoms with E-state index in [0.717, 1.165) is 22.2 Å². The van der Waals surface area contributed by atoms with Gasteiger partial charge < -0.3 is 5.11 Å². The molecule has 1 aliphatic rings. The van der Waals surface area contributed by atoms with Crippen LogP contribution in [0, 0.1) is 0 Å². The van der Waals surface area contributed by atoms with E-state index in [1.807, 2.05) is 0 Å². The molecule has 46 valence electrons. The second-order valence-electron chi connectivity index (χ2n) is 1.21. The molecule has 1 heterocycles. The van der Waals surface area contributed by atoms with Crippen LogP contribution >= 0.6 is 11.9 Å². The van der Waals surface area contributed by atoms with Crippen molar-refractivity contribution in [2.75, 3.05) is 12.4 Å². The summed E-state index contributed by atoms with van der Waals surface area (Å²) in [5.74, 6) is 0.728. The van der Waals surface area contributed by atoms with Crippen molar-refractivity contribution in [3.8, 4) is 0 Å². The molecule has 1 N–H and O–H groups in total. The highest BCUT2D eigenvalue weighted by molar-refractivity contribution is 7.97. The molecule has 1 amide bonds. The maximum atomic E-state index is 9.98. The number of carboxylic acid groups (broad SMARTS) is 1. The minimum atomic E-state index is -1.03. The van der Waals surface area contributed by atoms with Gasteiger partial charge in [0.05, 0.1) is 6.61 Å². The largest absolute Gasteiger partial charge is 0.463 e. The Balaban J connectivity index is 2.35. The molecule has 0 bridgehead atoms. The third kappa shape index (κ3) is 1.05. The van der Waals surface area contributed by atoms with Gasteiger partial charge >= 0.3 is 6.09 Å². The number of hydrogen-bond acceptors (Lipinski definition) is 3. The van der Waals surface area contributed by atoms with Gasteiger partial charge in [-0.25, -0.2) is 4.79 Å². The van der Waals surface area contributed by atoms with Gasteiger partial charge in [-0.15, -0.1) is 4.47 Å². The monoisotopic (exact) mass is 135 g/mol. The summed E-state index contributed by atoms with van der Waals surface area (Å²) in [6.07, 6.45) is -1.03. The molecule has 0 aromatic carbocycles. The second kappa shape index (κ2) is 2.23. The van der Waals surface area contributed by atoms with E-state index < -0.39 is 6.09 Å². The van der Waals surface area contributed by atoms with Crippen LogP contribution < -0.4 is 0 Å². The highest BCUT2D eigenvalue weighted by atomic mass is 32.2. The number of rotatable bonds is 0. The van der Waals surface area contributed by atoms with Crippen molar-refractivity contribution in [3.05, 3.63) is 0 Å². The van der Waals surface area contributed by atoms with E-state index in [9.17, 15) is 4.79 Å². The van der Waals surface area contributed by atoms with Gasteiger partial charge in [-0.05, 0) is 11.9 Å². The minimum absolute atomic E-state index is 0.497. The lowest BCUT2D eigenvalue weighted by Crippen LogP contribution is -2.16. The molecule has 0 unspecified atom stereocenters. The van der Waals surface area contributed by atoms with Crippen molar-refractivity contribution in [2.45, 2.75) is 0 Å². The summed E-state index contributed by atoms with van der Waals surface area (Å²) in [7, 11) is 0. The Labute approximate surface area is 50.5 Å². The standard InChI is InChI=1S/C3H5NO3S/c5-3(6)4-7-1-2-8-4/h1-2H2,(H,5,6). The van der Waals surface area contributed by atoms with Crippen LogP contribution in [0.25, 0.3) is 0 Å². The van der Waals surface area contributed by atoms with E-state index >= 15 is 0 Å². The molecule has 0 radical (unpaired) electrons. The van der Waals surface area contributed by atoms with E-state index in [-0.39, 0.29) is 0 Å². The van der Waals surface area contributed by atoms with Gasteiger partial charge in [0.25, 0.3) is 0 Å². The van der Waals surface area contributed by atoms with Crippen LogP contribution in [-0.2, 0) is 4.84 Å². The number of hydroxylamine groups is 1. The van der Waals surface area contributed by atoms with Crippen molar-refractivity contribution < 1.29 is 14.7 Å². The third-order valence-corrected chi connectivity index (χ3v) is 1.50. The zero-order chi connectivity index (χ0) is 5.98. The Morgan fingerprint density at radius 2 is 2.62 bits per heavy atom. The molecular weight excluding hydrogens is 130 g/mol. The third-order valence-electron chi connectivity index (χ3n) is 0.657. The Hall–Kier alpha value is -0.420. The van der Waals surface area contributed by atoms with E-state index in [1.165, 1.54) is 0 Å². The van der Waals surface area contributed by atoms with E-state index in [1.54, 1.807) is 0 Å². The quantitative estimate of drug-likeness (QED) is 0.493. The molecule has 0 saturated carbocycles. The van der Waals surface area contributed by atoms with Crippen LogP contribution in [0.4, 0.5) is 4.79 Å². The van der Waals surface area contributed by atoms with E-state index in [2.05, 4.69) is 4.84 Å². The molecule has 0 aromatic rings. The number of carbonyl (C=O) groups is 1. The van der Waals surface area contributed by atoms with Crippen molar-refractivity contribution in [3.63, 3.8) is 0 Å². The molecule has 1 rings (SSSR count). The Morgan fingerprint density at radius 1 is 1.88 bits per heavy atom. The maximum absolute atomic E-state index is 9.98. The van der Waals surface area contributed by atoms with Crippen LogP contribution in [0.3, 0.4) is 0 Å². The van der Waals surface area contributed by atoms with Crippen molar-refractivity contribution >= 4 is 18.0 Å². The Kier molecular flexibility index (Phi) is 1.59. The first-order valence-corrected chi connectivity index (χ1v) is 3.04. The Bertz CT molecular complexity index is 101. The highest BCUT2D eigenvalue weighted by Gasteiger charge is 2.18. The first-order valence-electron chi connectivity index (χ1n) is 2.09. The van der Waals surface area contributed by atoms with Crippen LogP contribution in [0.1, 0.15) is 0 Å². The molecule has 1 saturated heterocycles. The van der Waals surface area contributed by atoms with Crippen molar-refractivity contribution in [1.82, 2.24) is 4.47 Å². The lowest BCUT2D eigenvalue weighted by Gasteiger charge is -2.04. The molecule has 0 spiro atoms. The molecule has 5 heteroatoms. The minimum Gasteiger partial charge on any atom is -0.463 e. The average molecular weight is 135 g/mol. The number of hydrogen-bond donors (Lipinski definition) is 1.